The monoisotopic (exact) mass is 587 g/mol. The Hall–Kier alpha value is -3.77. The van der Waals surface area contributed by atoms with E-state index in [1.807, 2.05) is 60.7 Å². The lowest BCUT2D eigenvalue weighted by molar-refractivity contribution is -0.143. The molecule has 1 aromatic heterocycles. The van der Waals surface area contributed by atoms with Crippen molar-refractivity contribution < 1.29 is 31.1 Å². The Kier molecular flexibility index (Phi) is 7.30. The summed E-state index contributed by atoms with van der Waals surface area (Å²) in [7, 11) is 0. The van der Waals surface area contributed by atoms with Crippen LogP contribution >= 0.6 is 0 Å². The number of aromatic amines is 1. The van der Waals surface area contributed by atoms with Crippen LogP contribution in [0, 0.1) is 0 Å². The van der Waals surface area contributed by atoms with Gasteiger partial charge in [-0.25, -0.2) is 0 Å². The average Bonchev–Trinajstić information content (AvgIpc) is 3.57. The topological polar surface area (TPSA) is 66.9 Å². The third-order valence-corrected chi connectivity index (χ3v) is 8.43. The highest BCUT2D eigenvalue weighted by Crippen LogP contribution is 2.57. The number of fused-ring (bicyclic) bond motifs is 2. The van der Waals surface area contributed by atoms with Crippen LogP contribution in [0.5, 0.6) is 0 Å². The zero-order valence-electron chi connectivity index (χ0n) is 22.2. The number of nitrogens with one attached hydrogen (secondary N) is 1. The molecule has 6 rings (SSSR count). The van der Waals surface area contributed by atoms with E-state index in [9.17, 15) is 26.3 Å². The predicted octanol–water partition coefficient (Wildman–Crippen LogP) is 6.87. The van der Waals surface area contributed by atoms with Gasteiger partial charge in [-0.15, -0.1) is 10.2 Å². The lowest BCUT2D eigenvalue weighted by Gasteiger charge is -2.50. The zero-order chi connectivity index (χ0) is 29.5. The van der Waals surface area contributed by atoms with Gasteiger partial charge in [0.2, 0.25) is 0 Å². The third-order valence-electron chi connectivity index (χ3n) is 8.43. The highest BCUT2D eigenvalue weighted by molar-refractivity contribution is 5.35. The molecule has 2 fully saturated rings. The molecule has 1 N–H and O–H groups in total. The van der Waals surface area contributed by atoms with Gasteiger partial charge in [0.25, 0.3) is 0 Å². The average molecular weight is 588 g/mol. The maximum absolute atomic E-state index is 13.5. The number of H-pyrrole nitrogens is 1. The molecule has 0 radical (unpaired) electrons. The molecule has 4 aromatic rings. The number of benzene rings is 3. The molecule has 2 aliphatic heterocycles. The lowest BCUT2D eigenvalue weighted by atomic mass is 9.78. The number of nitrogens with zero attached hydrogens (tertiary/aromatic N) is 4. The third kappa shape index (κ3) is 5.29. The molecule has 12 heteroatoms. The minimum Gasteiger partial charge on any atom is -0.371 e. The summed E-state index contributed by atoms with van der Waals surface area (Å²) in [6.07, 6.45) is -8.66. The van der Waals surface area contributed by atoms with E-state index in [4.69, 9.17) is 4.74 Å². The van der Waals surface area contributed by atoms with E-state index in [0.29, 0.717) is 31.6 Å². The smallest absolute Gasteiger partial charge is 0.371 e. The van der Waals surface area contributed by atoms with Crippen molar-refractivity contribution in [3.63, 3.8) is 0 Å². The second kappa shape index (κ2) is 10.8. The Morgan fingerprint density at radius 1 is 0.833 bits per heavy atom. The quantitative estimate of drug-likeness (QED) is 0.239. The highest BCUT2D eigenvalue weighted by atomic mass is 19.4. The maximum Gasteiger partial charge on any atom is 0.416 e. The number of halogens is 6. The van der Waals surface area contributed by atoms with Crippen molar-refractivity contribution in [3.8, 4) is 0 Å². The summed E-state index contributed by atoms with van der Waals surface area (Å²) in [6.45, 7) is 0.138. The zero-order valence-corrected chi connectivity index (χ0v) is 22.2. The molecule has 2 saturated heterocycles. The van der Waals surface area contributed by atoms with Crippen molar-refractivity contribution in [1.82, 2.24) is 25.5 Å². The molecule has 4 atom stereocenters. The van der Waals surface area contributed by atoms with Crippen molar-refractivity contribution in [2.75, 3.05) is 0 Å². The van der Waals surface area contributed by atoms with Gasteiger partial charge < -0.3 is 4.74 Å². The molecular formula is C30H27F6N5O. The van der Waals surface area contributed by atoms with E-state index in [-0.39, 0.29) is 23.6 Å². The van der Waals surface area contributed by atoms with Crippen LogP contribution < -0.4 is 0 Å². The van der Waals surface area contributed by atoms with Crippen molar-refractivity contribution in [3.05, 3.63) is 113 Å². The lowest BCUT2D eigenvalue weighted by Crippen LogP contribution is -2.56. The fourth-order valence-electron chi connectivity index (χ4n) is 6.68. The van der Waals surface area contributed by atoms with Crippen LogP contribution in [0.3, 0.4) is 0 Å². The normalized spacial score (nSPS) is 24.7. The molecule has 3 heterocycles. The molecule has 42 heavy (non-hydrogen) atoms. The Morgan fingerprint density at radius 2 is 1.48 bits per heavy atom. The number of hydrogen-bond acceptors (Lipinski definition) is 5. The highest BCUT2D eigenvalue weighted by Gasteiger charge is 2.60. The summed E-state index contributed by atoms with van der Waals surface area (Å²) >= 11 is 0. The first kappa shape index (κ1) is 28.4. The van der Waals surface area contributed by atoms with Crippen LogP contribution in [-0.4, -0.2) is 37.7 Å². The van der Waals surface area contributed by atoms with Crippen molar-refractivity contribution in [2.24, 2.45) is 0 Å². The summed E-state index contributed by atoms with van der Waals surface area (Å²) in [5.74, 6) is 0.441. The molecule has 0 aliphatic carbocycles. The predicted molar refractivity (Wildman–Crippen MR) is 140 cm³/mol. The van der Waals surface area contributed by atoms with Gasteiger partial charge in [0.15, 0.2) is 5.82 Å². The molecule has 3 aromatic carbocycles. The number of piperidine rings is 1. The molecule has 2 bridgehead atoms. The minimum atomic E-state index is -4.94. The van der Waals surface area contributed by atoms with E-state index in [1.165, 1.54) is 0 Å². The van der Waals surface area contributed by atoms with Gasteiger partial charge in [-0.3, -0.25) is 4.90 Å². The van der Waals surface area contributed by atoms with E-state index < -0.39 is 41.7 Å². The van der Waals surface area contributed by atoms with Crippen molar-refractivity contribution in [2.45, 2.75) is 68.4 Å². The Balaban J connectivity index is 1.40. The molecular weight excluding hydrogens is 560 g/mol. The number of aromatic nitrogens is 4. The standard InChI is InChI=1S/C30H27F6N5O/c31-29(32,33)22-13-20(14-23(15-22)30(34,35)36)18-42-26-12-11-25-24(27-37-39-40-38-27)16-28(26,21-9-5-2-6-10-21)41(25)17-19-7-3-1-4-8-19/h1-10,13-15,24-26H,11-12,16-18H2,(H,37,38,39,40)/t24-,25+,26-,28-/m1/s1. The van der Waals surface area contributed by atoms with E-state index in [0.717, 1.165) is 23.3 Å². The van der Waals surface area contributed by atoms with Gasteiger partial charge >= 0.3 is 12.4 Å². The number of hydrogen-bond donors (Lipinski definition) is 1. The van der Waals surface area contributed by atoms with E-state index in [2.05, 4.69) is 25.5 Å². The van der Waals surface area contributed by atoms with Gasteiger partial charge in [0.1, 0.15) is 0 Å². The van der Waals surface area contributed by atoms with Gasteiger partial charge in [-0.2, -0.15) is 31.6 Å². The first-order valence-corrected chi connectivity index (χ1v) is 13.6. The minimum absolute atomic E-state index is 0.00764. The van der Waals surface area contributed by atoms with Gasteiger partial charge in [0, 0.05) is 18.5 Å². The summed E-state index contributed by atoms with van der Waals surface area (Å²) in [5.41, 5.74) is -1.65. The van der Waals surface area contributed by atoms with Crippen molar-refractivity contribution in [1.29, 1.82) is 0 Å². The number of alkyl halides is 6. The van der Waals surface area contributed by atoms with Crippen LogP contribution in [0.25, 0.3) is 0 Å². The summed E-state index contributed by atoms with van der Waals surface area (Å²) in [5, 5.41) is 14.9. The van der Waals surface area contributed by atoms with Crippen LogP contribution in [-0.2, 0) is 35.8 Å². The van der Waals surface area contributed by atoms with Crippen LogP contribution in [0.4, 0.5) is 26.3 Å². The molecule has 0 amide bonds. The van der Waals surface area contributed by atoms with E-state index in [1.54, 1.807) is 0 Å². The number of tetrazole rings is 1. The fourth-order valence-corrected chi connectivity index (χ4v) is 6.68. The fraction of sp³-hybridized carbons (Fsp3) is 0.367. The molecule has 0 spiro atoms. The van der Waals surface area contributed by atoms with Crippen LogP contribution in [0.15, 0.2) is 78.9 Å². The molecule has 0 unspecified atom stereocenters. The SMILES string of the molecule is FC(F)(F)c1cc(CO[C@@H]2CC[C@H]3[C@H](c4nn[nH]n4)C[C@]2(c2ccccc2)N3Cc2ccccc2)cc(C(F)(F)F)c1. The maximum atomic E-state index is 13.5. The summed E-state index contributed by atoms with van der Waals surface area (Å²) in [4.78, 5) is 2.35. The summed E-state index contributed by atoms with van der Waals surface area (Å²) < 4.78 is 87.6. The first-order chi connectivity index (χ1) is 20.1. The first-order valence-electron chi connectivity index (χ1n) is 13.6. The second-order valence-corrected chi connectivity index (χ2v) is 10.8. The Morgan fingerprint density at radius 3 is 2.07 bits per heavy atom. The molecule has 0 saturated carbocycles. The van der Waals surface area contributed by atoms with Crippen LogP contribution in [0.2, 0.25) is 0 Å². The largest absolute Gasteiger partial charge is 0.416 e. The molecule has 2 aliphatic rings. The van der Waals surface area contributed by atoms with Gasteiger partial charge in [0.05, 0.1) is 29.4 Å². The number of ether oxygens (including phenoxy) is 1. The Bertz CT molecular complexity index is 1460. The Labute approximate surface area is 237 Å². The number of rotatable bonds is 7. The second-order valence-electron chi connectivity index (χ2n) is 10.8. The van der Waals surface area contributed by atoms with Gasteiger partial charge in [-0.1, -0.05) is 65.9 Å². The van der Waals surface area contributed by atoms with E-state index >= 15 is 0 Å². The van der Waals surface area contributed by atoms with Crippen molar-refractivity contribution >= 4 is 0 Å². The molecule has 6 nitrogen and oxygen atoms in total. The molecule has 220 valence electrons. The summed E-state index contributed by atoms with van der Waals surface area (Å²) in [6, 6.07) is 21.2. The van der Waals surface area contributed by atoms with Gasteiger partial charge in [-0.05, 0) is 54.2 Å². The van der Waals surface area contributed by atoms with Crippen LogP contribution in [0.1, 0.15) is 58.8 Å².